The molecule has 0 aromatic heterocycles. The Morgan fingerprint density at radius 2 is 1.59 bits per heavy atom. The SMILES string of the molecule is CCCCNC(=O)[C@@H](C)N(CCc1ccccc1)C(=O)CN(c1cccc(C)c1)S(=O)(=O)c1ccc(C)cc1. The molecule has 1 atom stereocenters. The standard InChI is InChI=1S/C31H39N3O4S/c1-5-6-20-32-31(36)26(4)33(21-19-27-12-8-7-9-13-27)30(35)23-34(28-14-10-11-25(3)22-28)39(37,38)29-17-15-24(2)16-18-29/h7-18,22,26H,5-6,19-21,23H2,1-4H3,(H,32,36)/t26-/m1/s1. The van der Waals surface area contributed by atoms with Gasteiger partial charge >= 0.3 is 0 Å². The molecule has 0 radical (unpaired) electrons. The number of nitrogens with zero attached hydrogens (tertiary/aromatic N) is 2. The average molecular weight is 550 g/mol. The van der Waals surface area contributed by atoms with E-state index in [9.17, 15) is 18.0 Å². The van der Waals surface area contributed by atoms with Crippen LogP contribution in [0.2, 0.25) is 0 Å². The van der Waals surface area contributed by atoms with Gasteiger partial charge in [-0.1, -0.05) is 73.5 Å². The zero-order valence-corrected chi connectivity index (χ0v) is 24.1. The molecule has 3 aromatic carbocycles. The number of unbranched alkanes of at least 4 members (excludes halogenated alkanes) is 1. The molecule has 0 spiro atoms. The van der Waals surface area contributed by atoms with Crippen molar-refractivity contribution in [1.82, 2.24) is 10.2 Å². The van der Waals surface area contributed by atoms with Crippen molar-refractivity contribution in [2.24, 2.45) is 0 Å². The fourth-order valence-corrected chi connectivity index (χ4v) is 5.66. The number of sulfonamides is 1. The van der Waals surface area contributed by atoms with E-state index in [2.05, 4.69) is 5.32 Å². The highest BCUT2D eigenvalue weighted by molar-refractivity contribution is 7.92. The fraction of sp³-hybridized carbons (Fsp3) is 0.355. The quantitative estimate of drug-likeness (QED) is 0.308. The van der Waals surface area contributed by atoms with Crippen molar-refractivity contribution in [3.63, 3.8) is 0 Å². The van der Waals surface area contributed by atoms with E-state index in [0.717, 1.165) is 33.8 Å². The summed E-state index contributed by atoms with van der Waals surface area (Å²) in [6.07, 6.45) is 2.31. The van der Waals surface area contributed by atoms with E-state index < -0.39 is 28.5 Å². The molecule has 0 aliphatic heterocycles. The summed E-state index contributed by atoms with van der Waals surface area (Å²) in [5.41, 5.74) is 3.22. The molecule has 39 heavy (non-hydrogen) atoms. The van der Waals surface area contributed by atoms with E-state index in [1.54, 1.807) is 49.4 Å². The second kappa shape index (κ2) is 13.9. The van der Waals surface area contributed by atoms with Crippen LogP contribution < -0.4 is 9.62 Å². The van der Waals surface area contributed by atoms with Crippen LogP contribution in [0.4, 0.5) is 5.69 Å². The second-order valence-corrected chi connectivity index (χ2v) is 11.7. The number of rotatable bonds is 13. The Hall–Kier alpha value is -3.65. The summed E-state index contributed by atoms with van der Waals surface area (Å²) in [4.78, 5) is 28.5. The first kappa shape index (κ1) is 29.9. The van der Waals surface area contributed by atoms with Crippen LogP contribution in [-0.4, -0.2) is 50.8 Å². The topological polar surface area (TPSA) is 86.8 Å². The minimum Gasteiger partial charge on any atom is -0.354 e. The molecule has 0 bridgehead atoms. The fourth-order valence-electron chi connectivity index (χ4n) is 4.26. The minimum atomic E-state index is -4.06. The zero-order valence-electron chi connectivity index (χ0n) is 23.3. The summed E-state index contributed by atoms with van der Waals surface area (Å²) in [7, 11) is -4.06. The smallest absolute Gasteiger partial charge is 0.264 e. The lowest BCUT2D eigenvalue weighted by atomic mass is 10.1. The molecular weight excluding hydrogens is 510 g/mol. The molecule has 0 fully saturated rings. The number of carbonyl (C=O) groups excluding carboxylic acids is 2. The molecule has 3 aromatic rings. The van der Waals surface area contributed by atoms with Gasteiger partial charge in [-0.05, 0) is 69.0 Å². The van der Waals surface area contributed by atoms with Gasteiger partial charge in [0.2, 0.25) is 11.8 Å². The molecule has 1 N–H and O–H groups in total. The van der Waals surface area contributed by atoms with Gasteiger partial charge in [-0.2, -0.15) is 0 Å². The number of hydrogen-bond donors (Lipinski definition) is 1. The highest BCUT2D eigenvalue weighted by Crippen LogP contribution is 2.25. The van der Waals surface area contributed by atoms with Gasteiger partial charge in [0.1, 0.15) is 12.6 Å². The predicted octanol–water partition coefficient (Wildman–Crippen LogP) is 4.87. The first-order valence-electron chi connectivity index (χ1n) is 13.4. The number of anilines is 1. The Labute approximate surface area is 232 Å². The second-order valence-electron chi connectivity index (χ2n) is 9.81. The van der Waals surface area contributed by atoms with Gasteiger partial charge in [0.15, 0.2) is 0 Å². The number of nitrogens with one attached hydrogen (secondary N) is 1. The molecule has 0 heterocycles. The van der Waals surface area contributed by atoms with E-state index in [0.29, 0.717) is 18.7 Å². The minimum absolute atomic E-state index is 0.101. The molecule has 0 unspecified atom stereocenters. The van der Waals surface area contributed by atoms with Crippen LogP contribution in [0.5, 0.6) is 0 Å². The van der Waals surface area contributed by atoms with Crippen molar-refractivity contribution < 1.29 is 18.0 Å². The molecule has 8 heteroatoms. The van der Waals surface area contributed by atoms with Crippen molar-refractivity contribution in [1.29, 1.82) is 0 Å². The van der Waals surface area contributed by atoms with Gasteiger partial charge in [-0.15, -0.1) is 0 Å². The van der Waals surface area contributed by atoms with E-state index in [1.165, 1.54) is 4.90 Å². The number of hydrogen-bond acceptors (Lipinski definition) is 4. The van der Waals surface area contributed by atoms with Gasteiger partial charge < -0.3 is 10.2 Å². The van der Waals surface area contributed by atoms with Crippen molar-refractivity contribution >= 4 is 27.5 Å². The summed E-state index contributed by atoms with van der Waals surface area (Å²) in [6, 6.07) is 22.6. The lowest BCUT2D eigenvalue weighted by Gasteiger charge is -2.32. The molecule has 0 aliphatic rings. The number of amides is 2. The van der Waals surface area contributed by atoms with E-state index in [4.69, 9.17) is 0 Å². The molecule has 2 amide bonds. The van der Waals surface area contributed by atoms with E-state index in [1.807, 2.05) is 57.2 Å². The Morgan fingerprint density at radius 3 is 2.23 bits per heavy atom. The highest BCUT2D eigenvalue weighted by Gasteiger charge is 2.32. The number of carbonyl (C=O) groups is 2. The lowest BCUT2D eigenvalue weighted by Crippen LogP contribution is -2.52. The van der Waals surface area contributed by atoms with Gasteiger partial charge in [-0.25, -0.2) is 8.42 Å². The summed E-state index contributed by atoms with van der Waals surface area (Å²) in [5, 5.41) is 2.91. The first-order valence-corrected chi connectivity index (χ1v) is 14.8. The van der Waals surface area contributed by atoms with Gasteiger partial charge in [0, 0.05) is 13.1 Å². The number of benzene rings is 3. The number of aryl methyl sites for hydroxylation is 2. The first-order chi connectivity index (χ1) is 18.6. The molecular formula is C31H39N3O4S. The third-order valence-corrected chi connectivity index (χ3v) is 8.45. The van der Waals surface area contributed by atoms with Gasteiger partial charge in [-0.3, -0.25) is 13.9 Å². The molecule has 0 aliphatic carbocycles. The van der Waals surface area contributed by atoms with Crippen LogP contribution in [0.25, 0.3) is 0 Å². The normalized spacial score (nSPS) is 12.0. The summed E-state index contributed by atoms with van der Waals surface area (Å²) in [6.45, 7) is 7.86. The Bertz CT molecular complexity index is 1340. The highest BCUT2D eigenvalue weighted by atomic mass is 32.2. The van der Waals surface area contributed by atoms with Crippen molar-refractivity contribution in [2.45, 2.75) is 57.9 Å². The van der Waals surface area contributed by atoms with Crippen LogP contribution in [-0.2, 0) is 26.0 Å². The molecule has 3 rings (SSSR count). The Balaban J connectivity index is 1.95. The van der Waals surface area contributed by atoms with Crippen molar-refractivity contribution in [2.75, 3.05) is 23.9 Å². The monoisotopic (exact) mass is 549 g/mol. The Morgan fingerprint density at radius 1 is 0.897 bits per heavy atom. The van der Waals surface area contributed by atoms with Gasteiger partial charge in [0.05, 0.1) is 10.6 Å². The zero-order chi connectivity index (χ0) is 28.4. The third-order valence-electron chi connectivity index (χ3n) is 6.66. The van der Waals surface area contributed by atoms with Crippen molar-refractivity contribution in [3.05, 3.63) is 95.6 Å². The lowest BCUT2D eigenvalue weighted by molar-refractivity contribution is -0.138. The maximum atomic E-state index is 13.9. The van der Waals surface area contributed by atoms with Crippen LogP contribution in [0.3, 0.4) is 0 Å². The largest absolute Gasteiger partial charge is 0.354 e. The molecule has 208 valence electrons. The Kier molecular flexibility index (Phi) is 10.7. The van der Waals surface area contributed by atoms with E-state index in [-0.39, 0.29) is 17.3 Å². The molecule has 7 nitrogen and oxygen atoms in total. The predicted molar refractivity (Wildman–Crippen MR) is 156 cm³/mol. The maximum Gasteiger partial charge on any atom is 0.264 e. The molecule has 0 saturated heterocycles. The van der Waals surface area contributed by atoms with Crippen LogP contribution in [0.15, 0.2) is 83.8 Å². The van der Waals surface area contributed by atoms with Crippen molar-refractivity contribution in [3.8, 4) is 0 Å². The molecule has 0 saturated carbocycles. The van der Waals surface area contributed by atoms with Crippen LogP contribution in [0, 0.1) is 13.8 Å². The summed E-state index contributed by atoms with van der Waals surface area (Å²) in [5.74, 6) is -0.699. The van der Waals surface area contributed by atoms with Crippen LogP contribution in [0.1, 0.15) is 43.4 Å². The third kappa shape index (κ3) is 8.17. The summed E-state index contributed by atoms with van der Waals surface area (Å²) >= 11 is 0. The van der Waals surface area contributed by atoms with E-state index >= 15 is 0 Å². The maximum absolute atomic E-state index is 13.9. The summed E-state index contributed by atoms with van der Waals surface area (Å²) < 4.78 is 28.8. The van der Waals surface area contributed by atoms with Crippen LogP contribution >= 0.6 is 0 Å². The average Bonchev–Trinajstić information content (AvgIpc) is 2.92. The van der Waals surface area contributed by atoms with Gasteiger partial charge in [0.25, 0.3) is 10.0 Å².